The first kappa shape index (κ1) is 15.7. The Hall–Kier alpha value is -2.65. The second-order valence-electron chi connectivity index (χ2n) is 4.49. The molecule has 0 spiro atoms. The highest BCUT2D eigenvalue weighted by Gasteiger charge is 2.08. The molecule has 114 valence electrons. The molecule has 0 aromatic heterocycles. The molecule has 0 bridgehead atoms. The van der Waals surface area contributed by atoms with Crippen molar-refractivity contribution in [3.8, 4) is 17.6 Å². The number of ether oxygens (including phenoxy) is 2. The molecule has 0 aliphatic rings. The van der Waals surface area contributed by atoms with Crippen LogP contribution in [0.3, 0.4) is 0 Å². The summed E-state index contributed by atoms with van der Waals surface area (Å²) < 4.78 is 36.2. The van der Waals surface area contributed by atoms with Crippen molar-refractivity contribution in [1.82, 2.24) is 0 Å². The quantitative estimate of drug-likeness (QED) is 0.891. The molecule has 0 aliphatic carbocycles. The van der Waals surface area contributed by atoms with Gasteiger partial charge in [-0.3, -0.25) is 0 Å². The van der Waals surface area contributed by atoms with Crippen molar-refractivity contribution >= 4 is 0 Å². The Bertz CT molecular complexity index is 668. The van der Waals surface area contributed by atoms with Crippen LogP contribution in [-0.4, -0.2) is 24.4 Å². The smallest absolute Gasteiger partial charge is 0.162 e. The molecule has 2 aromatic rings. The average Bonchev–Trinajstić information content (AvgIpc) is 2.54. The van der Waals surface area contributed by atoms with E-state index in [0.717, 1.165) is 12.1 Å². The van der Waals surface area contributed by atoms with Gasteiger partial charge >= 0.3 is 0 Å². The molecule has 1 unspecified atom stereocenters. The first-order chi connectivity index (χ1) is 10.6. The standard InChI is InChI=1S/C16H13F2NO3/c17-15-6-5-14(7-16(15)18)22-10-12(20)9-21-13-3-1-11(8-19)2-4-13/h1-7,12,20H,9-10H2. The van der Waals surface area contributed by atoms with Gasteiger partial charge in [-0.1, -0.05) is 0 Å². The second-order valence-corrected chi connectivity index (χ2v) is 4.49. The van der Waals surface area contributed by atoms with Gasteiger partial charge in [-0.05, 0) is 36.4 Å². The van der Waals surface area contributed by atoms with Gasteiger partial charge in [0, 0.05) is 6.07 Å². The van der Waals surface area contributed by atoms with E-state index in [-0.39, 0.29) is 19.0 Å². The number of hydrogen-bond donors (Lipinski definition) is 1. The summed E-state index contributed by atoms with van der Waals surface area (Å²) in [5.41, 5.74) is 0.509. The third kappa shape index (κ3) is 4.43. The highest BCUT2D eigenvalue weighted by molar-refractivity contribution is 5.34. The maximum absolute atomic E-state index is 13.0. The van der Waals surface area contributed by atoms with Crippen LogP contribution >= 0.6 is 0 Å². The molecule has 1 N–H and O–H groups in total. The number of benzene rings is 2. The molecule has 2 rings (SSSR count). The van der Waals surface area contributed by atoms with Crippen LogP contribution in [0.1, 0.15) is 5.56 Å². The van der Waals surface area contributed by atoms with Crippen molar-refractivity contribution in [3.63, 3.8) is 0 Å². The van der Waals surface area contributed by atoms with Gasteiger partial charge < -0.3 is 14.6 Å². The van der Waals surface area contributed by atoms with Crippen LogP contribution in [0.5, 0.6) is 11.5 Å². The van der Waals surface area contributed by atoms with Gasteiger partial charge in [0.1, 0.15) is 30.8 Å². The Morgan fingerprint density at radius 1 is 0.955 bits per heavy atom. The molecule has 0 radical (unpaired) electrons. The number of nitriles is 1. The van der Waals surface area contributed by atoms with E-state index in [0.29, 0.717) is 11.3 Å². The molecule has 22 heavy (non-hydrogen) atoms. The third-order valence-corrected chi connectivity index (χ3v) is 2.76. The van der Waals surface area contributed by atoms with Gasteiger partial charge in [0.05, 0.1) is 11.6 Å². The number of aliphatic hydroxyl groups excluding tert-OH is 1. The lowest BCUT2D eigenvalue weighted by Gasteiger charge is -2.13. The Balaban J connectivity index is 1.78. The molecule has 2 aromatic carbocycles. The van der Waals surface area contributed by atoms with E-state index in [1.807, 2.05) is 6.07 Å². The minimum Gasteiger partial charge on any atom is -0.491 e. The summed E-state index contributed by atoms with van der Waals surface area (Å²) in [6.45, 7) is -0.156. The van der Waals surface area contributed by atoms with Crippen molar-refractivity contribution in [3.05, 3.63) is 59.7 Å². The summed E-state index contributed by atoms with van der Waals surface area (Å²) in [6, 6.07) is 11.5. The van der Waals surface area contributed by atoms with Crippen molar-refractivity contribution in [1.29, 1.82) is 5.26 Å². The SMILES string of the molecule is N#Cc1ccc(OCC(O)COc2ccc(F)c(F)c2)cc1. The fourth-order valence-corrected chi connectivity index (χ4v) is 1.63. The lowest BCUT2D eigenvalue weighted by molar-refractivity contribution is 0.0625. The number of hydrogen-bond acceptors (Lipinski definition) is 4. The minimum atomic E-state index is -1.01. The third-order valence-electron chi connectivity index (χ3n) is 2.76. The summed E-state index contributed by atoms with van der Waals surface area (Å²) in [4.78, 5) is 0. The lowest BCUT2D eigenvalue weighted by atomic mass is 10.2. The number of halogens is 2. The summed E-state index contributed by atoms with van der Waals surface area (Å²) >= 11 is 0. The van der Waals surface area contributed by atoms with Gasteiger partial charge in [0.25, 0.3) is 0 Å². The van der Waals surface area contributed by atoms with Crippen LogP contribution in [0.25, 0.3) is 0 Å². The molecule has 0 saturated heterocycles. The fourth-order valence-electron chi connectivity index (χ4n) is 1.63. The molecule has 0 amide bonds. The first-order valence-corrected chi connectivity index (χ1v) is 6.47. The molecular formula is C16H13F2NO3. The zero-order valence-electron chi connectivity index (χ0n) is 11.5. The summed E-state index contributed by atoms with van der Waals surface area (Å²) in [6.07, 6.45) is -0.941. The Morgan fingerprint density at radius 2 is 1.55 bits per heavy atom. The van der Waals surface area contributed by atoms with E-state index >= 15 is 0 Å². The second kappa shape index (κ2) is 7.38. The normalized spacial score (nSPS) is 11.5. The van der Waals surface area contributed by atoms with Crippen LogP contribution in [0.15, 0.2) is 42.5 Å². The molecule has 0 saturated carbocycles. The van der Waals surface area contributed by atoms with Crippen molar-refractivity contribution < 1.29 is 23.4 Å². The van der Waals surface area contributed by atoms with Crippen LogP contribution in [0.2, 0.25) is 0 Å². The molecule has 1 atom stereocenters. The van der Waals surface area contributed by atoms with Gasteiger partial charge in [-0.25, -0.2) is 8.78 Å². The molecule has 6 heteroatoms. The van der Waals surface area contributed by atoms with Gasteiger partial charge in [-0.15, -0.1) is 0 Å². The molecule has 4 nitrogen and oxygen atoms in total. The monoisotopic (exact) mass is 305 g/mol. The van der Waals surface area contributed by atoms with Gasteiger partial charge in [0.2, 0.25) is 0 Å². The van der Waals surface area contributed by atoms with Crippen LogP contribution in [-0.2, 0) is 0 Å². The van der Waals surface area contributed by atoms with E-state index in [1.54, 1.807) is 24.3 Å². The molecule has 0 heterocycles. The number of rotatable bonds is 6. The van der Waals surface area contributed by atoms with Crippen molar-refractivity contribution in [2.24, 2.45) is 0 Å². The molecule has 0 aliphatic heterocycles. The van der Waals surface area contributed by atoms with E-state index in [9.17, 15) is 13.9 Å². The topological polar surface area (TPSA) is 62.5 Å². The van der Waals surface area contributed by atoms with Crippen LogP contribution in [0, 0.1) is 23.0 Å². The minimum absolute atomic E-state index is 0.0322. The first-order valence-electron chi connectivity index (χ1n) is 6.47. The van der Waals surface area contributed by atoms with Crippen molar-refractivity contribution in [2.45, 2.75) is 6.10 Å². The average molecular weight is 305 g/mol. The highest BCUT2D eigenvalue weighted by Crippen LogP contribution is 2.16. The summed E-state index contributed by atoms with van der Waals surface area (Å²) in [7, 11) is 0. The Morgan fingerprint density at radius 3 is 2.14 bits per heavy atom. The van der Waals surface area contributed by atoms with Gasteiger partial charge in [0.15, 0.2) is 11.6 Å². The zero-order valence-corrected chi connectivity index (χ0v) is 11.5. The maximum atomic E-state index is 13.0. The summed E-state index contributed by atoms with van der Waals surface area (Å²) in [5.74, 6) is -1.35. The lowest BCUT2D eigenvalue weighted by Crippen LogP contribution is -2.25. The maximum Gasteiger partial charge on any atom is 0.162 e. The van der Waals surface area contributed by atoms with Gasteiger partial charge in [-0.2, -0.15) is 5.26 Å². The zero-order chi connectivity index (χ0) is 15.9. The largest absolute Gasteiger partial charge is 0.491 e. The molecular weight excluding hydrogens is 292 g/mol. The van der Waals surface area contributed by atoms with Crippen molar-refractivity contribution in [2.75, 3.05) is 13.2 Å². The van der Waals surface area contributed by atoms with E-state index in [2.05, 4.69) is 0 Å². The summed E-state index contributed by atoms with van der Waals surface area (Å²) in [5, 5.41) is 18.4. The predicted octanol–water partition coefficient (Wildman–Crippen LogP) is 2.66. The van der Waals surface area contributed by atoms with Crippen LogP contribution < -0.4 is 9.47 Å². The van der Waals surface area contributed by atoms with E-state index < -0.39 is 17.7 Å². The number of aliphatic hydroxyl groups is 1. The van der Waals surface area contributed by atoms with Crippen LogP contribution in [0.4, 0.5) is 8.78 Å². The fraction of sp³-hybridized carbons (Fsp3) is 0.188. The van der Waals surface area contributed by atoms with E-state index in [1.165, 1.54) is 6.07 Å². The highest BCUT2D eigenvalue weighted by atomic mass is 19.2. The Labute approximate surface area is 126 Å². The Kier molecular flexibility index (Phi) is 5.28. The molecule has 0 fully saturated rings. The number of nitrogens with zero attached hydrogens (tertiary/aromatic N) is 1. The predicted molar refractivity (Wildman–Crippen MR) is 74.5 cm³/mol. The van der Waals surface area contributed by atoms with E-state index in [4.69, 9.17) is 14.7 Å².